The van der Waals surface area contributed by atoms with Gasteiger partial charge < -0.3 is 4.74 Å². The van der Waals surface area contributed by atoms with E-state index in [2.05, 4.69) is 4.98 Å². The zero-order valence-corrected chi connectivity index (χ0v) is 12.6. The molecule has 20 heavy (non-hydrogen) atoms. The Morgan fingerprint density at radius 2 is 2.30 bits per heavy atom. The van der Waals surface area contributed by atoms with Gasteiger partial charge in [0, 0.05) is 23.7 Å². The summed E-state index contributed by atoms with van der Waals surface area (Å²) in [6.07, 6.45) is 0. The highest BCUT2D eigenvalue weighted by atomic mass is 32.1. The largest absolute Gasteiger partial charge is 0.465 e. The number of carbonyl (C=O) groups excluding carboxylic acids is 1. The number of aromatic nitrogens is 2. The number of ether oxygens (including phenoxy) is 1. The van der Waals surface area contributed by atoms with Crippen molar-refractivity contribution >= 4 is 22.3 Å². The predicted molar refractivity (Wildman–Crippen MR) is 77.0 cm³/mol. The smallest absolute Gasteiger partial charge is 0.320 e. The SMILES string of the molecule is CCOC(=O)CN(C)Cc1cc(=O)n2c(C)csc2n1. The minimum absolute atomic E-state index is 0.0896. The van der Waals surface area contributed by atoms with Gasteiger partial charge in [-0.1, -0.05) is 0 Å². The van der Waals surface area contributed by atoms with Crippen molar-refractivity contribution in [2.45, 2.75) is 20.4 Å². The quantitative estimate of drug-likeness (QED) is 0.772. The van der Waals surface area contributed by atoms with Crippen LogP contribution in [0.4, 0.5) is 0 Å². The normalized spacial score (nSPS) is 11.2. The Kier molecular flexibility index (Phi) is 4.51. The number of fused-ring (bicyclic) bond motifs is 1. The van der Waals surface area contributed by atoms with Crippen molar-refractivity contribution in [3.05, 3.63) is 33.2 Å². The van der Waals surface area contributed by atoms with Gasteiger partial charge in [0.15, 0.2) is 4.96 Å². The van der Waals surface area contributed by atoms with Gasteiger partial charge in [-0.2, -0.15) is 0 Å². The highest BCUT2D eigenvalue weighted by Gasteiger charge is 2.11. The Labute approximate surface area is 120 Å². The van der Waals surface area contributed by atoms with Crippen molar-refractivity contribution in [1.82, 2.24) is 14.3 Å². The summed E-state index contributed by atoms with van der Waals surface area (Å²) in [6, 6.07) is 1.51. The van der Waals surface area contributed by atoms with Crippen LogP contribution < -0.4 is 5.56 Å². The van der Waals surface area contributed by atoms with Gasteiger partial charge in [0.1, 0.15) is 0 Å². The number of likely N-dealkylation sites (N-methyl/N-ethyl adjacent to an activating group) is 1. The molecule has 0 aliphatic heterocycles. The first kappa shape index (κ1) is 14.7. The third-order valence-electron chi connectivity index (χ3n) is 2.76. The second kappa shape index (κ2) is 6.15. The van der Waals surface area contributed by atoms with Crippen molar-refractivity contribution in [2.24, 2.45) is 0 Å². The Balaban J connectivity index is 2.14. The number of thiazole rings is 1. The van der Waals surface area contributed by atoms with Crippen molar-refractivity contribution in [2.75, 3.05) is 20.2 Å². The van der Waals surface area contributed by atoms with Crippen LogP contribution in [-0.4, -0.2) is 40.5 Å². The van der Waals surface area contributed by atoms with E-state index in [1.165, 1.54) is 17.4 Å². The Bertz CT molecular complexity index is 677. The van der Waals surface area contributed by atoms with Crippen LogP contribution in [-0.2, 0) is 16.1 Å². The van der Waals surface area contributed by atoms with Crippen LogP contribution in [0.25, 0.3) is 4.96 Å². The van der Waals surface area contributed by atoms with E-state index in [1.807, 2.05) is 12.3 Å². The lowest BCUT2D eigenvalue weighted by Gasteiger charge is -2.14. The zero-order chi connectivity index (χ0) is 14.7. The van der Waals surface area contributed by atoms with Crippen LogP contribution in [0.3, 0.4) is 0 Å². The fourth-order valence-corrected chi connectivity index (χ4v) is 2.83. The molecule has 2 aromatic heterocycles. The first-order valence-electron chi connectivity index (χ1n) is 6.32. The molecule has 0 saturated carbocycles. The van der Waals surface area contributed by atoms with E-state index in [0.29, 0.717) is 23.8 Å². The maximum absolute atomic E-state index is 12.0. The summed E-state index contributed by atoms with van der Waals surface area (Å²) in [7, 11) is 1.79. The van der Waals surface area contributed by atoms with Crippen molar-refractivity contribution in [1.29, 1.82) is 0 Å². The Morgan fingerprint density at radius 1 is 1.55 bits per heavy atom. The minimum atomic E-state index is -0.278. The fraction of sp³-hybridized carbons (Fsp3) is 0.462. The molecule has 0 radical (unpaired) electrons. The molecular weight excluding hydrogens is 278 g/mol. The maximum atomic E-state index is 12.0. The summed E-state index contributed by atoms with van der Waals surface area (Å²) < 4.78 is 6.47. The van der Waals surface area contributed by atoms with Crippen molar-refractivity contribution in [3.8, 4) is 0 Å². The summed E-state index contributed by atoms with van der Waals surface area (Å²) in [6.45, 7) is 4.62. The Morgan fingerprint density at radius 3 is 3.00 bits per heavy atom. The molecule has 0 spiro atoms. The number of carbonyl (C=O) groups is 1. The van der Waals surface area contributed by atoms with Crippen LogP contribution in [0.5, 0.6) is 0 Å². The van der Waals surface area contributed by atoms with E-state index >= 15 is 0 Å². The lowest BCUT2D eigenvalue weighted by molar-refractivity contribution is -0.144. The molecule has 2 heterocycles. The molecular formula is C13H17N3O3S. The molecule has 0 amide bonds. The van der Waals surface area contributed by atoms with Crippen LogP contribution >= 0.6 is 11.3 Å². The molecule has 6 nitrogen and oxygen atoms in total. The summed E-state index contributed by atoms with van der Waals surface area (Å²) in [5.74, 6) is -0.278. The molecule has 0 atom stereocenters. The minimum Gasteiger partial charge on any atom is -0.465 e. The molecule has 0 bridgehead atoms. The van der Waals surface area contributed by atoms with Crippen LogP contribution in [0.1, 0.15) is 18.3 Å². The highest BCUT2D eigenvalue weighted by molar-refractivity contribution is 7.15. The van der Waals surface area contributed by atoms with E-state index in [-0.39, 0.29) is 18.1 Å². The lowest BCUT2D eigenvalue weighted by atomic mass is 10.3. The standard InChI is InChI=1S/C13H17N3O3S/c1-4-19-12(18)7-15(3)6-10-5-11(17)16-9(2)8-20-13(16)14-10/h5,8H,4,6-7H2,1-3H3. The summed E-state index contributed by atoms with van der Waals surface area (Å²) in [5, 5.41) is 1.90. The van der Waals surface area contributed by atoms with Crippen molar-refractivity contribution in [3.63, 3.8) is 0 Å². The topological polar surface area (TPSA) is 63.9 Å². The molecule has 0 N–H and O–H groups in total. The second-order valence-electron chi connectivity index (χ2n) is 4.56. The molecule has 108 valence electrons. The van der Waals surface area contributed by atoms with Gasteiger partial charge in [-0.15, -0.1) is 11.3 Å². The third kappa shape index (κ3) is 3.23. The van der Waals surface area contributed by atoms with E-state index in [0.717, 1.165) is 5.69 Å². The number of aryl methyl sites for hydroxylation is 1. The van der Waals surface area contributed by atoms with E-state index in [4.69, 9.17) is 4.74 Å². The van der Waals surface area contributed by atoms with E-state index in [9.17, 15) is 9.59 Å². The molecule has 0 unspecified atom stereocenters. The maximum Gasteiger partial charge on any atom is 0.320 e. The Hall–Kier alpha value is -1.73. The van der Waals surface area contributed by atoms with Gasteiger partial charge in [-0.05, 0) is 20.9 Å². The number of hydrogen-bond acceptors (Lipinski definition) is 6. The fourth-order valence-electron chi connectivity index (χ4n) is 1.94. The second-order valence-corrected chi connectivity index (χ2v) is 5.39. The first-order valence-corrected chi connectivity index (χ1v) is 7.20. The number of esters is 1. The first-order chi connectivity index (χ1) is 9.51. The molecule has 0 aliphatic carbocycles. The average Bonchev–Trinajstić information content (AvgIpc) is 2.71. The van der Waals surface area contributed by atoms with Gasteiger partial charge in [0.05, 0.1) is 18.8 Å². The van der Waals surface area contributed by atoms with Crippen molar-refractivity contribution < 1.29 is 9.53 Å². The van der Waals surface area contributed by atoms with E-state index < -0.39 is 0 Å². The number of rotatable bonds is 5. The summed E-state index contributed by atoms with van der Waals surface area (Å²) in [4.78, 5) is 30.3. The van der Waals surface area contributed by atoms with Crippen LogP contribution in [0.2, 0.25) is 0 Å². The average molecular weight is 295 g/mol. The zero-order valence-electron chi connectivity index (χ0n) is 11.8. The number of nitrogens with zero attached hydrogens (tertiary/aromatic N) is 3. The molecule has 7 heteroatoms. The van der Waals surface area contributed by atoms with Gasteiger partial charge in [0.2, 0.25) is 0 Å². The molecule has 2 rings (SSSR count). The monoisotopic (exact) mass is 295 g/mol. The van der Waals surface area contributed by atoms with Crippen LogP contribution in [0, 0.1) is 6.92 Å². The molecule has 0 saturated heterocycles. The molecule has 0 fully saturated rings. The van der Waals surface area contributed by atoms with Gasteiger partial charge >= 0.3 is 5.97 Å². The summed E-state index contributed by atoms with van der Waals surface area (Å²) >= 11 is 1.43. The van der Waals surface area contributed by atoms with Gasteiger partial charge in [-0.25, -0.2) is 4.98 Å². The third-order valence-corrected chi connectivity index (χ3v) is 3.71. The highest BCUT2D eigenvalue weighted by Crippen LogP contribution is 2.12. The van der Waals surface area contributed by atoms with Crippen LogP contribution in [0.15, 0.2) is 16.2 Å². The van der Waals surface area contributed by atoms with Gasteiger partial charge in [-0.3, -0.25) is 18.9 Å². The number of hydrogen-bond donors (Lipinski definition) is 0. The van der Waals surface area contributed by atoms with E-state index in [1.54, 1.807) is 23.3 Å². The molecule has 0 aliphatic rings. The molecule has 0 aromatic carbocycles. The molecule has 2 aromatic rings. The predicted octanol–water partition coefficient (Wildman–Crippen LogP) is 1.06. The summed E-state index contributed by atoms with van der Waals surface area (Å²) in [5.41, 5.74) is 1.45. The lowest BCUT2D eigenvalue weighted by Crippen LogP contribution is -2.28. The van der Waals surface area contributed by atoms with Gasteiger partial charge in [0.25, 0.3) is 5.56 Å².